The van der Waals surface area contributed by atoms with Crippen LogP contribution in [0.2, 0.25) is 0 Å². The number of rotatable bonds is 10. The van der Waals surface area contributed by atoms with E-state index in [0.717, 1.165) is 54.3 Å². The van der Waals surface area contributed by atoms with Gasteiger partial charge in [-0.15, -0.1) is 11.3 Å². The van der Waals surface area contributed by atoms with Crippen molar-refractivity contribution in [3.05, 3.63) is 34.1 Å². The molecule has 2 rings (SSSR count). The van der Waals surface area contributed by atoms with Gasteiger partial charge in [0.25, 0.3) is 5.91 Å². The van der Waals surface area contributed by atoms with E-state index in [1.165, 1.54) is 24.2 Å². The number of hydrogen-bond acceptors (Lipinski definition) is 6. The fourth-order valence-corrected chi connectivity index (χ4v) is 3.41. The second-order valence-corrected chi connectivity index (χ2v) is 7.67. The zero-order valence-corrected chi connectivity index (χ0v) is 16.7. The molecule has 1 amide bonds. The normalized spacial score (nSPS) is 10.8. The molecule has 142 valence electrons. The third kappa shape index (κ3) is 6.07. The monoisotopic (exact) mass is 375 g/mol. The summed E-state index contributed by atoms with van der Waals surface area (Å²) in [5, 5.41) is 6.89. The molecule has 0 saturated carbocycles. The first-order valence-electron chi connectivity index (χ1n) is 9.17. The largest absolute Gasteiger partial charge is 0.384 e. The van der Waals surface area contributed by atoms with Gasteiger partial charge < -0.3 is 11.1 Å². The van der Waals surface area contributed by atoms with Crippen molar-refractivity contribution in [3.63, 3.8) is 0 Å². The average Bonchev–Trinajstić information content (AvgIpc) is 2.91. The Bertz CT molecular complexity index is 709. The topological polar surface area (TPSA) is 92.9 Å². The highest BCUT2D eigenvalue weighted by Crippen LogP contribution is 2.23. The van der Waals surface area contributed by atoms with Crippen molar-refractivity contribution in [3.8, 4) is 0 Å². The first kappa shape index (κ1) is 20.3. The summed E-state index contributed by atoms with van der Waals surface area (Å²) in [7, 11) is 0. The molecule has 2 aromatic heterocycles. The minimum absolute atomic E-state index is 0.184. The zero-order valence-electron chi connectivity index (χ0n) is 15.9. The maximum Gasteiger partial charge on any atom is 0.261 e. The van der Waals surface area contributed by atoms with Crippen LogP contribution < -0.4 is 16.4 Å². The molecule has 0 fully saturated rings. The number of unbranched alkanes of at least 4 members (excludes halogenated alkanes) is 4. The molecule has 6 nitrogen and oxygen atoms in total. The van der Waals surface area contributed by atoms with E-state index in [9.17, 15) is 4.79 Å². The molecule has 0 aromatic carbocycles. The van der Waals surface area contributed by atoms with Crippen LogP contribution >= 0.6 is 11.3 Å². The number of carbonyl (C=O) groups excluding carboxylic acids is 1. The second kappa shape index (κ2) is 10.2. The highest BCUT2D eigenvalue weighted by molar-refractivity contribution is 7.15. The van der Waals surface area contributed by atoms with Gasteiger partial charge >= 0.3 is 0 Å². The van der Waals surface area contributed by atoms with Crippen LogP contribution in [-0.4, -0.2) is 29.0 Å². The van der Waals surface area contributed by atoms with E-state index in [1.807, 2.05) is 26.8 Å². The summed E-state index contributed by atoms with van der Waals surface area (Å²) in [6.07, 6.45) is 7.34. The van der Waals surface area contributed by atoms with Crippen LogP contribution in [-0.2, 0) is 0 Å². The standard InChI is InChI=1S/C19H29N5OS/c1-13-11-17(21-10-8-6-4-5-7-9-20)16(12-22-13)18(25)24-19-23-14(2)15(3)26-19/h11-12H,4-10,20H2,1-3H3,(H,21,22)(H,23,24,25). The molecular weight excluding hydrogens is 346 g/mol. The van der Waals surface area contributed by atoms with Gasteiger partial charge in [-0.25, -0.2) is 4.98 Å². The van der Waals surface area contributed by atoms with Crippen LogP contribution in [0.15, 0.2) is 12.3 Å². The minimum Gasteiger partial charge on any atom is -0.384 e. The third-order valence-corrected chi connectivity index (χ3v) is 5.22. The molecule has 2 heterocycles. The summed E-state index contributed by atoms with van der Waals surface area (Å²) in [5.74, 6) is -0.184. The summed E-state index contributed by atoms with van der Waals surface area (Å²) in [5.41, 5.74) is 8.70. The SMILES string of the molecule is Cc1cc(NCCCCCCCN)c(C(=O)Nc2nc(C)c(C)s2)cn1. The van der Waals surface area contributed by atoms with Crippen molar-refractivity contribution in [1.29, 1.82) is 0 Å². The fourth-order valence-electron chi connectivity index (χ4n) is 2.60. The zero-order chi connectivity index (χ0) is 18.9. The number of hydrogen-bond donors (Lipinski definition) is 3. The minimum atomic E-state index is -0.184. The maximum absolute atomic E-state index is 12.6. The first-order valence-corrected chi connectivity index (χ1v) is 9.99. The number of nitrogens with zero attached hydrogens (tertiary/aromatic N) is 2. The van der Waals surface area contributed by atoms with Crippen LogP contribution in [0.4, 0.5) is 10.8 Å². The molecule has 0 saturated heterocycles. The van der Waals surface area contributed by atoms with Gasteiger partial charge in [0.15, 0.2) is 5.13 Å². The summed E-state index contributed by atoms with van der Waals surface area (Å²) < 4.78 is 0. The molecule has 4 N–H and O–H groups in total. The van der Waals surface area contributed by atoms with Crippen LogP contribution in [0.1, 0.15) is 58.7 Å². The molecular formula is C19H29N5OS. The van der Waals surface area contributed by atoms with Crippen LogP contribution in [0.5, 0.6) is 0 Å². The second-order valence-electron chi connectivity index (χ2n) is 6.47. The predicted molar refractivity (Wildman–Crippen MR) is 109 cm³/mol. The van der Waals surface area contributed by atoms with Crippen LogP contribution in [0, 0.1) is 20.8 Å². The highest BCUT2D eigenvalue weighted by atomic mass is 32.1. The molecule has 2 aromatic rings. The number of aromatic nitrogens is 2. The molecule has 0 aliphatic carbocycles. The summed E-state index contributed by atoms with van der Waals surface area (Å²) in [4.78, 5) is 22.4. The van der Waals surface area contributed by atoms with Crippen LogP contribution in [0.3, 0.4) is 0 Å². The Morgan fingerprint density at radius 3 is 2.58 bits per heavy atom. The Morgan fingerprint density at radius 2 is 1.88 bits per heavy atom. The van der Waals surface area contributed by atoms with E-state index < -0.39 is 0 Å². The van der Waals surface area contributed by atoms with Gasteiger partial charge in [0.1, 0.15) is 0 Å². The summed E-state index contributed by atoms with van der Waals surface area (Å²) in [6.45, 7) is 7.46. The molecule has 0 spiro atoms. The van der Waals surface area contributed by atoms with Gasteiger partial charge in [-0.2, -0.15) is 0 Å². The van der Waals surface area contributed by atoms with E-state index in [0.29, 0.717) is 10.7 Å². The summed E-state index contributed by atoms with van der Waals surface area (Å²) >= 11 is 1.48. The molecule has 7 heteroatoms. The Morgan fingerprint density at radius 1 is 1.15 bits per heavy atom. The van der Waals surface area contributed by atoms with Gasteiger partial charge in [-0.05, 0) is 46.2 Å². The maximum atomic E-state index is 12.6. The molecule has 0 bridgehead atoms. The predicted octanol–water partition coefficient (Wildman–Crippen LogP) is 4.04. The lowest BCUT2D eigenvalue weighted by Crippen LogP contribution is -2.16. The van der Waals surface area contributed by atoms with Gasteiger partial charge in [0.2, 0.25) is 0 Å². The molecule has 0 aliphatic heterocycles. The van der Waals surface area contributed by atoms with E-state index in [1.54, 1.807) is 6.20 Å². The Hall–Kier alpha value is -1.99. The van der Waals surface area contributed by atoms with E-state index >= 15 is 0 Å². The molecule has 0 atom stereocenters. The van der Waals surface area contributed by atoms with Crippen molar-refractivity contribution < 1.29 is 4.79 Å². The lowest BCUT2D eigenvalue weighted by molar-refractivity contribution is 0.102. The smallest absolute Gasteiger partial charge is 0.261 e. The number of aryl methyl sites for hydroxylation is 3. The van der Waals surface area contributed by atoms with E-state index in [-0.39, 0.29) is 5.91 Å². The fraction of sp³-hybridized carbons (Fsp3) is 0.526. The van der Waals surface area contributed by atoms with Crippen molar-refractivity contribution in [1.82, 2.24) is 9.97 Å². The Kier molecular flexibility index (Phi) is 8.00. The van der Waals surface area contributed by atoms with E-state index in [2.05, 4.69) is 20.6 Å². The highest BCUT2D eigenvalue weighted by Gasteiger charge is 2.15. The lowest BCUT2D eigenvalue weighted by Gasteiger charge is -2.12. The van der Waals surface area contributed by atoms with Crippen molar-refractivity contribution >= 4 is 28.1 Å². The number of nitrogens with one attached hydrogen (secondary N) is 2. The molecule has 0 radical (unpaired) electrons. The average molecular weight is 376 g/mol. The molecule has 26 heavy (non-hydrogen) atoms. The number of carbonyl (C=O) groups is 1. The van der Waals surface area contributed by atoms with Gasteiger partial charge in [0.05, 0.1) is 16.9 Å². The van der Waals surface area contributed by atoms with Crippen molar-refractivity contribution in [2.24, 2.45) is 5.73 Å². The molecule has 0 aliphatic rings. The number of pyridine rings is 1. The molecule has 0 unspecified atom stereocenters. The van der Waals surface area contributed by atoms with Gasteiger partial charge in [0, 0.05) is 23.3 Å². The third-order valence-electron chi connectivity index (χ3n) is 4.23. The first-order chi connectivity index (χ1) is 12.5. The van der Waals surface area contributed by atoms with Crippen LogP contribution in [0.25, 0.3) is 0 Å². The summed E-state index contributed by atoms with van der Waals surface area (Å²) in [6, 6.07) is 1.92. The number of anilines is 2. The van der Waals surface area contributed by atoms with E-state index in [4.69, 9.17) is 5.73 Å². The van der Waals surface area contributed by atoms with Gasteiger partial charge in [-0.1, -0.05) is 19.3 Å². The number of nitrogens with two attached hydrogens (primary N) is 1. The van der Waals surface area contributed by atoms with Gasteiger partial charge in [-0.3, -0.25) is 15.1 Å². The Balaban J connectivity index is 1.94. The van der Waals surface area contributed by atoms with Crippen molar-refractivity contribution in [2.45, 2.75) is 52.9 Å². The quantitative estimate of drug-likeness (QED) is 0.545. The Labute approximate surface area is 159 Å². The lowest BCUT2D eigenvalue weighted by atomic mass is 10.1. The van der Waals surface area contributed by atoms with Crippen molar-refractivity contribution in [2.75, 3.05) is 23.7 Å². The number of amides is 1. The number of thiazole rings is 1.